The van der Waals surface area contributed by atoms with Gasteiger partial charge in [-0.3, -0.25) is 9.69 Å². The van der Waals surface area contributed by atoms with Gasteiger partial charge in [0.15, 0.2) is 5.78 Å². The standard InChI is InChI=1S/C29H36N4O3/c1-31(2)29(24-8-5-4-6-9-24)17-15-28(16-18-29)22-32(20-23-11-13-26(36-3)14-12-23)27(35)33(28)21-25(34)10-7-19-30/h4-6,8-9,11-14H,7,10,15-18,20-22H2,1-3H3. The monoisotopic (exact) mass is 488 g/mol. The van der Waals surface area contributed by atoms with Crippen LogP contribution in [-0.2, 0) is 16.9 Å². The summed E-state index contributed by atoms with van der Waals surface area (Å²) < 4.78 is 5.27. The van der Waals surface area contributed by atoms with E-state index < -0.39 is 0 Å². The lowest BCUT2D eigenvalue weighted by molar-refractivity contribution is -0.120. The zero-order valence-electron chi connectivity index (χ0n) is 21.6. The lowest BCUT2D eigenvalue weighted by atomic mass is 9.68. The van der Waals surface area contributed by atoms with Gasteiger partial charge >= 0.3 is 6.03 Å². The Bertz CT molecular complexity index is 1100. The van der Waals surface area contributed by atoms with E-state index in [0.29, 0.717) is 13.1 Å². The van der Waals surface area contributed by atoms with Gasteiger partial charge < -0.3 is 14.5 Å². The topological polar surface area (TPSA) is 76.9 Å². The molecule has 1 aliphatic carbocycles. The molecule has 4 rings (SSSR count). The van der Waals surface area contributed by atoms with Gasteiger partial charge in [-0.05, 0) is 63.0 Å². The first-order valence-corrected chi connectivity index (χ1v) is 12.6. The summed E-state index contributed by atoms with van der Waals surface area (Å²) in [4.78, 5) is 32.4. The number of nitriles is 1. The van der Waals surface area contributed by atoms with E-state index in [9.17, 15) is 9.59 Å². The summed E-state index contributed by atoms with van der Waals surface area (Å²) in [6.07, 6.45) is 3.79. The molecule has 2 aliphatic rings. The molecule has 2 aromatic carbocycles. The summed E-state index contributed by atoms with van der Waals surface area (Å²) in [6.45, 7) is 1.16. The smallest absolute Gasteiger partial charge is 0.321 e. The molecule has 0 bridgehead atoms. The molecule has 7 nitrogen and oxygen atoms in total. The van der Waals surface area contributed by atoms with Crippen LogP contribution in [0, 0.1) is 11.3 Å². The van der Waals surface area contributed by atoms with Crippen LogP contribution in [0.2, 0.25) is 0 Å². The first kappa shape index (κ1) is 25.7. The van der Waals surface area contributed by atoms with Crippen LogP contribution >= 0.6 is 0 Å². The number of nitrogens with zero attached hydrogens (tertiary/aromatic N) is 4. The van der Waals surface area contributed by atoms with Crippen molar-refractivity contribution in [2.24, 2.45) is 0 Å². The molecule has 1 saturated carbocycles. The van der Waals surface area contributed by atoms with E-state index >= 15 is 0 Å². The lowest BCUT2D eigenvalue weighted by Crippen LogP contribution is -2.56. The van der Waals surface area contributed by atoms with Crippen LogP contribution in [0.15, 0.2) is 54.6 Å². The number of amides is 2. The number of hydrogen-bond donors (Lipinski definition) is 0. The molecule has 7 heteroatoms. The Kier molecular flexibility index (Phi) is 7.65. The summed E-state index contributed by atoms with van der Waals surface area (Å²) in [7, 11) is 5.89. The molecule has 1 heterocycles. The first-order valence-electron chi connectivity index (χ1n) is 12.6. The Morgan fingerprint density at radius 3 is 2.31 bits per heavy atom. The predicted molar refractivity (Wildman–Crippen MR) is 138 cm³/mol. The Hall–Kier alpha value is -3.37. The molecule has 190 valence electrons. The Morgan fingerprint density at radius 1 is 1.06 bits per heavy atom. The second-order valence-corrected chi connectivity index (χ2v) is 10.3. The van der Waals surface area contributed by atoms with Crippen LogP contribution in [0.4, 0.5) is 4.79 Å². The highest BCUT2D eigenvalue weighted by Crippen LogP contribution is 2.49. The molecule has 0 unspecified atom stereocenters. The van der Waals surface area contributed by atoms with Crippen molar-refractivity contribution in [2.45, 2.75) is 56.1 Å². The van der Waals surface area contributed by atoms with E-state index in [0.717, 1.165) is 37.0 Å². The van der Waals surface area contributed by atoms with E-state index in [1.54, 1.807) is 7.11 Å². The zero-order chi connectivity index (χ0) is 25.8. The van der Waals surface area contributed by atoms with Crippen molar-refractivity contribution in [2.75, 3.05) is 34.3 Å². The third-order valence-electron chi connectivity index (χ3n) is 8.12. The third-order valence-corrected chi connectivity index (χ3v) is 8.12. The molecular weight excluding hydrogens is 452 g/mol. The zero-order valence-corrected chi connectivity index (χ0v) is 21.6. The van der Waals surface area contributed by atoms with Gasteiger partial charge in [-0.1, -0.05) is 42.5 Å². The Morgan fingerprint density at radius 2 is 1.72 bits per heavy atom. The second-order valence-electron chi connectivity index (χ2n) is 10.3. The summed E-state index contributed by atoms with van der Waals surface area (Å²) in [5, 5.41) is 8.93. The lowest BCUT2D eigenvalue weighted by Gasteiger charge is -2.51. The molecule has 1 spiro atoms. The maximum Gasteiger partial charge on any atom is 0.321 e. The first-order chi connectivity index (χ1) is 17.3. The normalized spacial score (nSPS) is 23.8. The van der Waals surface area contributed by atoms with Crippen molar-refractivity contribution in [3.63, 3.8) is 0 Å². The molecule has 2 fully saturated rings. The minimum absolute atomic E-state index is 0.0527. The highest BCUT2D eigenvalue weighted by molar-refractivity contribution is 5.87. The van der Waals surface area contributed by atoms with Crippen LogP contribution in [-0.4, -0.2) is 66.3 Å². The van der Waals surface area contributed by atoms with Gasteiger partial charge in [-0.2, -0.15) is 5.26 Å². The number of benzene rings is 2. The van der Waals surface area contributed by atoms with Crippen LogP contribution in [0.1, 0.15) is 49.7 Å². The fourth-order valence-corrected chi connectivity index (χ4v) is 5.94. The second kappa shape index (κ2) is 10.7. The number of methoxy groups -OCH3 is 1. The van der Waals surface area contributed by atoms with E-state index in [1.807, 2.05) is 46.2 Å². The average Bonchev–Trinajstić information content (AvgIpc) is 3.14. The van der Waals surface area contributed by atoms with Gasteiger partial charge in [0, 0.05) is 31.5 Å². The minimum Gasteiger partial charge on any atom is -0.497 e. The summed E-state index contributed by atoms with van der Waals surface area (Å²) in [6, 6.07) is 20.3. The van der Waals surface area contributed by atoms with Gasteiger partial charge in [0.1, 0.15) is 5.75 Å². The molecule has 36 heavy (non-hydrogen) atoms. The van der Waals surface area contributed by atoms with E-state index in [-0.39, 0.29) is 42.3 Å². The molecule has 2 amide bonds. The molecule has 0 N–H and O–H groups in total. The van der Waals surface area contributed by atoms with Crippen molar-refractivity contribution in [1.29, 1.82) is 5.26 Å². The van der Waals surface area contributed by atoms with Crippen molar-refractivity contribution >= 4 is 11.8 Å². The number of ether oxygens (including phenoxy) is 1. The van der Waals surface area contributed by atoms with E-state index in [1.165, 1.54) is 5.56 Å². The highest BCUT2D eigenvalue weighted by Gasteiger charge is 2.54. The van der Waals surface area contributed by atoms with E-state index in [2.05, 4.69) is 43.3 Å². The van der Waals surface area contributed by atoms with Gasteiger partial charge in [-0.15, -0.1) is 0 Å². The Labute approximate surface area is 214 Å². The number of rotatable bonds is 9. The average molecular weight is 489 g/mol. The van der Waals surface area contributed by atoms with Crippen LogP contribution in [0.25, 0.3) is 0 Å². The molecule has 0 aromatic heterocycles. The van der Waals surface area contributed by atoms with Crippen LogP contribution < -0.4 is 4.74 Å². The molecule has 1 aliphatic heterocycles. The fourth-order valence-electron chi connectivity index (χ4n) is 5.94. The minimum atomic E-state index is -0.389. The van der Waals surface area contributed by atoms with Crippen molar-refractivity contribution in [3.05, 3.63) is 65.7 Å². The van der Waals surface area contributed by atoms with Gasteiger partial charge in [0.2, 0.25) is 0 Å². The summed E-state index contributed by atoms with van der Waals surface area (Å²) >= 11 is 0. The number of carbonyl (C=O) groups excluding carboxylic acids is 2. The van der Waals surface area contributed by atoms with Crippen molar-refractivity contribution < 1.29 is 14.3 Å². The van der Waals surface area contributed by atoms with Gasteiger partial charge in [-0.25, -0.2) is 4.79 Å². The summed E-state index contributed by atoms with van der Waals surface area (Å²) in [5.74, 6) is 0.726. The maximum absolute atomic E-state index is 13.7. The predicted octanol–water partition coefficient (Wildman–Crippen LogP) is 4.58. The number of ketones is 1. The van der Waals surface area contributed by atoms with Crippen molar-refractivity contribution in [3.8, 4) is 11.8 Å². The number of hydrogen-bond acceptors (Lipinski definition) is 5. The fraction of sp³-hybridized carbons (Fsp3) is 0.483. The van der Waals surface area contributed by atoms with Gasteiger partial charge in [0.25, 0.3) is 0 Å². The molecule has 1 saturated heterocycles. The van der Waals surface area contributed by atoms with Gasteiger partial charge in [0.05, 0.1) is 25.3 Å². The van der Waals surface area contributed by atoms with Crippen molar-refractivity contribution in [1.82, 2.24) is 14.7 Å². The number of carbonyl (C=O) groups is 2. The summed E-state index contributed by atoms with van der Waals surface area (Å²) in [5.41, 5.74) is 1.83. The number of Topliss-reactive ketones (excluding diaryl/α,β-unsaturated/α-hetero) is 1. The largest absolute Gasteiger partial charge is 0.497 e. The molecule has 2 aromatic rings. The quantitative estimate of drug-likeness (QED) is 0.517. The molecule has 0 radical (unpaired) electrons. The van der Waals surface area contributed by atoms with E-state index in [4.69, 9.17) is 10.00 Å². The van der Waals surface area contributed by atoms with Crippen LogP contribution in [0.5, 0.6) is 5.75 Å². The third kappa shape index (κ3) is 4.96. The highest BCUT2D eigenvalue weighted by atomic mass is 16.5. The molecular formula is C29H36N4O3. The number of urea groups is 1. The molecule has 0 atom stereocenters. The maximum atomic E-state index is 13.7. The SMILES string of the molecule is COc1ccc(CN2CC3(CCC(c4ccccc4)(N(C)C)CC3)N(CC(=O)CCC#N)C2=O)cc1. The Balaban J connectivity index is 1.59. The van der Waals surface area contributed by atoms with Crippen LogP contribution in [0.3, 0.4) is 0 Å².